The van der Waals surface area contributed by atoms with Crippen LogP contribution in [0.2, 0.25) is 5.02 Å². The molecule has 0 bridgehead atoms. The highest BCUT2D eigenvalue weighted by Crippen LogP contribution is 2.37. The molecule has 198 valence electrons. The molecule has 37 heavy (non-hydrogen) atoms. The van der Waals surface area contributed by atoms with Crippen LogP contribution in [0, 0.1) is 5.82 Å². The van der Waals surface area contributed by atoms with Gasteiger partial charge in [-0.3, -0.25) is 9.89 Å². The predicted octanol–water partition coefficient (Wildman–Crippen LogP) is 2.65. The summed E-state index contributed by atoms with van der Waals surface area (Å²) in [5, 5.41) is 14.6. The molecule has 1 saturated heterocycles. The van der Waals surface area contributed by atoms with E-state index >= 15 is 0 Å². The van der Waals surface area contributed by atoms with Gasteiger partial charge >= 0.3 is 11.9 Å². The van der Waals surface area contributed by atoms with E-state index in [1.165, 1.54) is 29.5 Å². The molecule has 0 saturated carbocycles. The molecule has 10 nitrogen and oxygen atoms in total. The summed E-state index contributed by atoms with van der Waals surface area (Å²) in [6.45, 7) is 3.32. The van der Waals surface area contributed by atoms with Crippen molar-refractivity contribution in [1.29, 1.82) is 0 Å². The molecule has 13 heteroatoms. The average molecular weight is 553 g/mol. The van der Waals surface area contributed by atoms with Gasteiger partial charge in [0, 0.05) is 47.5 Å². The van der Waals surface area contributed by atoms with Crippen LogP contribution in [0.25, 0.3) is 0 Å². The average Bonchev–Trinajstić information content (AvgIpc) is 3.39. The summed E-state index contributed by atoms with van der Waals surface area (Å²) >= 11 is 7.79. The number of carbonyl (C=O) groups is 2. The molecule has 1 unspecified atom stereocenters. The number of amidine groups is 1. The first-order chi connectivity index (χ1) is 17.9. The van der Waals surface area contributed by atoms with Gasteiger partial charge in [0.25, 0.3) is 0 Å². The monoisotopic (exact) mass is 552 g/mol. The van der Waals surface area contributed by atoms with Crippen LogP contribution in [0.5, 0.6) is 0 Å². The Morgan fingerprint density at radius 3 is 2.95 bits per heavy atom. The number of halogens is 2. The Morgan fingerprint density at radius 1 is 1.41 bits per heavy atom. The summed E-state index contributed by atoms with van der Waals surface area (Å²) in [5.41, 5.74) is 1.28. The van der Waals surface area contributed by atoms with E-state index in [0.29, 0.717) is 48.3 Å². The number of morpholine rings is 1. The van der Waals surface area contributed by atoms with E-state index in [-0.39, 0.29) is 29.9 Å². The summed E-state index contributed by atoms with van der Waals surface area (Å²) in [6.07, 6.45) is 1.32. The third kappa shape index (κ3) is 6.90. The Bertz CT molecular complexity index is 1190. The first-order valence-corrected chi connectivity index (χ1v) is 12.8. The molecule has 1 aromatic carbocycles. The number of carboxylic acid groups (broad SMARTS) is 1. The van der Waals surface area contributed by atoms with Crippen LogP contribution in [0.1, 0.15) is 23.5 Å². The second-order valence-corrected chi connectivity index (χ2v) is 9.56. The van der Waals surface area contributed by atoms with Gasteiger partial charge < -0.3 is 24.6 Å². The molecule has 0 radical (unpaired) electrons. The van der Waals surface area contributed by atoms with Crippen molar-refractivity contribution in [3.8, 4) is 0 Å². The quantitative estimate of drug-likeness (QED) is 0.428. The molecule has 0 aliphatic carbocycles. The van der Waals surface area contributed by atoms with E-state index in [0.717, 1.165) is 0 Å². The molecular formula is C24H26ClFN4O6S. The highest BCUT2D eigenvalue weighted by molar-refractivity contribution is 7.11. The standard InChI is InChI=1S/C24H26ClFN4O6S/c1-2-35-24(33)20-18(11-30-6-7-36-15(10-30)12-34-13-19(31)32)28-22(23-27-5-8-37-23)29-21(20)16-4-3-14(26)9-17(16)25/h3-5,8-9,15,21H,2,6-7,10-13H2,1H3,(H,28,29)(H,31,32)/t15?,21-/m0/s1. The third-order valence-electron chi connectivity index (χ3n) is 5.65. The fourth-order valence-electron chi connectivity index (χ4n) is 4.09. The van der Waals surface area contributed by atoms with Crippen molar-refractivity contribution in [2.24, 2.45) is 4.99 Å². The first-order valence-electron chi connectivity index (χ1n) is 11.6. The Morgan fingerprint density at radius 2 is 2.24 bits per heavy atom. The largest absolute Gasteiger partial charge is 0.480 e. The second kappa shape index (κ2) is 12.6. The van der Waals surface area contributed by atoms with Crippen LogP contribution in [-0.2, 0) is 23.8 Å². The first kappa shape index (κ1) is 27.1. The van der Waals surface area contributed by atoms with Crippen molar-refractivity contribution in [3.63, 3.8) is 0 Å². The van der Waals surface area contributed by atoms with E-state index in [9.17, 15) is 14.0 Å². The number of hydrogen-bond donors (Lipinski definition) is 2. The van der Waals surface area contributed by atoms with Crippen molar-refractivity contribution >= 4 is 40.7 Å². The number of carboxylic acids is 1. The lowest BCUT2D eigenvalue weighted by Crippen LogP contribution is -2.47. The maximum Gasteiger partial charge on any atom is 0.338 e. The van der Waals surface area contributed by atoms with Crippen LogP contribution in [0.3, 0.4) is 0 Å². The molecule has 2 aliphatic heterocycles. The molecular weight excluding hydrogens is 527 g/mol. The molecule has 4 rings (SSSR count). The minimum Gasteiger partial charge on any atom is -0.480 e. The van der Waals surface area contributed by atoms with Gasteiger partial charge in [0.2, 0.25) is 0 Å². The summed E-state index contributed by atoms with van der Waals surface area (Å²) in [7, 11) is 0. The molecule has 2 atom stereocenters. The van der Waals surface area contributed by atoms with Crippen molar-refractivity contribution in [2.45, 2.75) is 19.1 Å². The lowest BCUT2D eigenvalue weighted by Gasteiger charge is -2.35. The van der Waals surface area contributed by atoms with Crippen LogP contribution < -0.4 is 5.32 Å². The summed E-state index contributed by atoms with van der Waals surface area (Å²) < 4.78 is 30.1. The van der Waals surface area contributed by atoms with Gasteiger partial charge in [0.1, 0.15) is 18.5 Å². The molecule has 0 amide bonds. The van der Waals surface area contributed by atoms with Gasteiger partial charge in [-0.05, 0) is 19.1 Å². The Labute approximate surface area is 221 Å². The van der Waals surface area contributed by atoms with Crippen molar-refractivity contribution in [2.75, 3.05) is 46.1 Å². The normalized spacial score (nSPS) is 20.4. The van der Waals surface area contributed by atoms with Gasteiger partial charge in [-0.1, -0.05) is 17.7 Å². The lowest BCUT2D eigenvalue weighted by molar-refractivity contribution is -0.144. The number of aliphatic carboxylic acids is 1. The number of aliphatic imine (C=N–C) groups is 1. The van der Waals surface area contributed by atoms with Gasteiger partial charge in [-0.2, -0.15) is 0 Å². The van der Waals surface area contributed by atoms with Crippen LogP contribution in [0.15, 0.2) is 46.0 Å². The zero-order valence-corrected chi connectivity index (χ0v) is 21.6. The Balaban J connectivity index is 1.68. The van der Waals surface area contributed by atoms with E-state index in [1.54, 1.807) is 13.1 Å². The molecule has 1 aromatic heterocycles. The van der Waals surface area contributed by atoms with Gasteiger partial charge in [0.05, 0.1) is 31.5 Å². The number of ether oxygens (including phenoxy) is 3. The van der Waals surface area contributed by atoms with Crippen LogP contribution in [-0.4, -0.2) is 84.9 Å². The van der Waals surface area contributed by atoms with Gasteiger partial charge in [-0.25, -0.2) is 19.0 Å². The molecule has 2 aliphatic rings. The highest BCUT2D eigenvalue weighted by atomic mass is 35.5. The number of benzene rings is 1. The van der Waals surface area contributed by atoms with Crippen molar-refractivity contribution in [1.82, 2.24) is 15.2 Å². The maximum absolute atomic E-state index is 13.8. The summed E-state index contributed by atoms with van der Waals surface area (Å²) in [5.74, 6) is -1.66. The number of nitrogens with zero attached hydrogens (tertiary/aromatic N) is 3. The highest BCUT2D eigenvalue weighted by Gasteiger charge is 2.35. The van der Waals surface area contributed by atoms with E-state index in [1.807, 2.05) is 5.38 Å². The fraction of sp³-hybridized carbons (Fsp3) is 0.417. The molecule has 2 aromatic rings. The zero-order valence-electron chi connectivity index (χ0n) is 20.0. The number of aromatic nitrogens is 1. The fourth-order valence-corrected chi connectivity index (χ4v) is 4.95. The van der Waals surface area contributed by atoms with Gasteiger partial charge in [0.15, 0.2) is 10.8 Å². The van der Waals surface area contributed by atoms with Crippen LogP contribution in [0.4, 0.5) is 4.39 Å². The number of carbonyl (C=O) groups excluding carboxylic acids is 1. The molecule has 1 fully saturated rings. The Kier molecular flexibility index (Phi) is 9.22. The smallest absolute Gasteiger partial charge is 0.338 e. The predicted molar refractivity (Wildman–Crippen MR) is 134 cm³/mol. The number of nitrogens with one attached hydrogen (secondary N) is 1. The molecule has 2 N–H and O–H groups in total. The van der Waals surface area contributed by atoms with Crippen molar-refractivity contribution < 1.29 is 33.3 Å². The van der Waals surface area contributed by atoms with Crippen molar-refractivity contribution in [3.05, 3.63) is 62.5 Å². The summed E-state index contributed by atoms with van der Waals surface area (Å²) in [6, 6.07) is 3.12. The minimum absolute atomic E-state index is 0.125. The molecule has 0 spiro atoms. The number of thiazole rings is 1. The molecule has 3 heterocycles. The van der Waals surface area contributed by atoms with Gasteiger partial charge in [-0.15, -0.1) is 11.3 Å². The van der Waals surface area contributed by atoms with E-state index < -0.39 is 30.4 Å². The minimum atomic E-state index is -1.05. The number of hydrogen-bond acceptors (Lipinski definition) is 10. The van der Waals surface area contributed by atoms with E-state index in [4.69, 9.17) is 35.9 Å². The van der Waals surface area contributed by atoms with Crippen LogP contribution >= 0.6 is 22.9 Å². The number of esters is 1. The summed E-state index contributed by atoms with van der Waals surface area (Å²) in [4.78, 5) is 35.2. The third-order valence-corrected chi connectivity index (χ3v) is 6.75. The zero-order chi connectivity index (χ0) is 26.4. The SMILES string of the molecule is CCOC(=O)C1=C(CN2CCOC(COCC(=O)O)C2)NC(c2nccs2)=N[C@H]1c1ccc(F)cc1Cl. The van der Waals surface area contributed by atoms with E-state index in [2.05, 4.69) is 15.2 Å². The Hall–Kier alpha value is -2.90. The second-order valence-electron chi connectivity index (χ2n) is 8.26. The number of rotatable bonds is 10. The topological polar surface area (TPSA) is 123 Å². The maximum atomic E-state index is 13.8. The lowest BCUT2D eigenvalue weighted by atomic mass is 9.95.